The zero-order chi connectivity index (χ0) is 19.4. The van der Waals surface area contributed by atoms with Crippen molar-refractivity contribution in [3.8, 4) is 5.75 Å². The highest BCUT2D eigenvalue weighted by Gasteiger charge is 2.10. The van der Waals surface area contributed by atoms with E-state index in [1.165, 1.54) is 6.92 Å². The number of aromatic nitrogens is 1. The molecule has 1 N–H and O–H groups in total. The number of amides is 1. The number of nitrogens with zero attached hydrogens (tertiary/aromatic N) is 3. The van der Waals surface area contributed by atoms with Crippen molar-refractivity contribution in [2.75, 3.05) is 24.5 Å². The fourth-order valence-electron chi connectivity index (χ4n) is 2.94. The number of benzene rings is 2. The standard InChI is InChI=1S/C21H22N4O2/c1-15(26)23-17-9-10-20(21(13-17)27-4)25(3)22-14-16-11-12-24(2)19-8-6-5-7-18(16)19/h5-14H,1-4H3/p+1. The Morgan fingerprint density at radius 2 is 2.00 bits per heavy atom. The molecule has 0 spiro atoms. The molecule has 138 valence electrons. The van der Waals surface area contributed by atoms with Gasteiger partial charge in [0.2, 0.25) is 11.4 Å². The van der Waals surface area contributed by atoms with E-state index in [1.807, 2.05) is 56.8 Å². The highest BCUT2D eigenvalue weighted by Crippen LogP contribution is 2.30. The van der Waals surface area contributed by atoms with E-state index in [9.17, 15) is 4.79 Å². The molecule has 6 nitrogen and oxygen atoms in total. The van der Waals surface area contributed by atoms with E-state index >= 15 is 0 Å². The summed E-state index contributed by atoms with van der Waals surface area (Å²) in [6.45, 7) is 1.47. The lowest BCUT2D eigenvalue weighted by Crippen LogP contribution is -2.28. The number of nitrogens with one attached hydrogen (secondary N) is 1. The van der Waals surface area contributed by atoms with Gasteiger partial charge in [0.05, 0.1) is 18.7 Å². The van der Waals surface area contributed by atoms with Gasteiger partial charge >= 0.3 is 0 Å². The summed E-state index contributed by atoms with van der Waals surface area (Å²) < 4.78 is 7.54. The summed E-state index contributed by atoms with van der Waals surface area (Å²) in [7, 11) is 5.48. The Hall–Kier alpha value is -3.41. The Morgan fingerprint density at radius 3 is 2.74 bits per heavy atom. The molecular formula is C21H23N4O2+. The van der Waals surface area contributed by atoms with Crippen LogP contribution in [0.5, 0.6) is 5.75 Å². The first-order chi connectivity index (χ1) is 13.0. The van der Waals surface area contributed by atoms with E-state index in [1.54, 1.807) is 18.2 Å². The topological polar surface area (TPSA) is 57.8 Å². The van der Waals surface area contributed by atoms with Crippen molar-refractivity contribution in [1.82, 2.24) is 0 Å². The molecule has 27 heavy (non-hydrogen) atoms. The number of carbonyl (C=O) groups excluding carboxylic acids is 1. The molecular weight excluding hydrogens is 340 g/mol. The average Bonchev–Trinajstić information content (AvgIpc) is 2.67. The third-order valence-electron chi connectivity index (χ3n) is 4.29. The van der Waals surface area contributed by atoms with Crippen LogP contribution in [0.3, 0.4) is 0 Å². The lowest BCUT2D eigenvalue weighted by Gasteiger charge is -2.17. The molecule has 0 bridgehead atoms. The Balaban J connectivity index is 1.90. The quantitative estimate of drug-likeness (QED) is 0.430. The minimum absolute atomic E-state index is 0.125. The van der Waals surface area contributed by atoms with Crippen molar-refractivity contribution in [3.63, 3.8) is 0 Å². The summed E-state index contributed by atoms with van der Waals surface area (Å²) in [4.78, 5) is 11.2. The third-order valence-corrected chi connectivity index (χ3v) is 4.29. The summed E-state index contributed by atoms with van der Waals surface area (Å²) in [6.07, 6.45) is 3.86. The van der Waals surface area contributed by atoms with Crippen molar-refractivity contribution >= 4 is 34.4 Å². The van der Waals surface area contributed by atoms with Crippen LogP contribution in [0.4, 0.5) is 11.4 Å². The van der Waals surface area contributed by atoms with Gasteiger partial charge in [-0.05, 0) is 18.2 Å². The number of pyridine rings is 1. The first kappa shape index (κ1) is 18.4. The van der Waals surface area contributed by atoms with Gasteiger partial charge in [0.1, 0.15) is 18.5 Å². The maximum Gasteiger partial charge on any atom is 0.221 e. The van der Waals surface area contributed by atoms with Gasteiger partial charge in [-0.25, -0.2) is 4.57 Å². The van der Waals surface area contributed by atoms with E-state index in [0.29, 0.717) is 11.4 Å². The number of hydrazone groups is 1. The van der Waals surface area contributed by atoms with E-state index in [2.05, 4.69) is 27.1 Å². The monoisotopic (exact) mass is 363 g/mol. The number of rotatable bonds is 5. The van der Waals surface area contributed by atoms with Crippen LogP contribution in [0.25, 0.3) is 10.9 Å². The van der Waals surface area contributed by atoms with Crippen LogP contribution in [-0.2, 0) is 11.8 Å². The van der Waals surface area contributed by atoms with Crippen LogP contribution in [0.1, 0.15) is 12.5 Å². The highest BCUT2D eigenvalue weighted by atomic mass is 16.5. The third kappa shape index (κ3) is 4.06. The summed E-state index contributed by atoms with van der Waals surface area (Å²) in [5.74, 6) is 0.505. The van der Waals surface area contributed by atoms with Crippen LogP contribution in [0.2, 0.25) is 0 Å². The number of methoxy groups -OCH3 is 1. The van der Waals surface area contributed by atoms with Crippen LogP contribution >= 0.6 is 0 Å². The highest BCUT2D eigenvalue weighted by molar-refractivity contribution is 5.97. The summed E-state index contributed by atoms with van der Waals surface area (Å²) >= 11 is 0. The van der Waals surface area contributed by atoms with Gasteiger partial charge in [-0.1, -0.05) is 12.1 Å². The molecule has 0 saturated heterocycles. The predicted molar refractivity (Wildman–Crippen MR) is 108 cm³/mol. The van der Waals surface area contributed by atoms with Crippen molar-refractivity contribution in [1.29, 1.82) is 0 Å². The molecule has 0 fully saturated rings. The largest absolute Gasteiger partial charge is 0.494 e. The van der Waals surface area contributed by atoms with Crippen molar-refractivity contribution in [2.24, 2.45) is 12.1 Å². The van der Waals surface area contributed by atoms with Crippen LogP contribution in [0, 0.1) is 0 Å². The normalized spacial score (nSPS) is 11.0. The molecule has 1 amide bonds. The van der Waals surface area contributed by atoms with E-state index in [4.69, 9.17) is 4.74 Å². The van der Waals surface area contributed by atoms with E-state index < -0.39 is 0 Å². The molecule has 3 aromatic rings. The molecule has 0 aliphatic heterocycles. The number of hydrogen-bond acceptors (Lipinski definition) is 4. The Morgan fingerprint density at radius 1 is 1.22 bits per heavy atom. The number of anilines is 2. The van der Waals surface area contributed by atoms with Gasteiger partial charge in [0, 0.05) is 43.4 Å². The number of carbonyl (C=O) groups is 1. The average molecular weight is 363 g/mol. The second-order valence-electron chi connectivity index (χ2n) is 6.24. The summed E-state index contributed by atoms with van der Waals surface area (Å²) in [6, 6.07) is 15.7. The van der Waals surface area contributed by atoms with Gasteiger partial charge in [-0.15, -0.1) is 0 Å². The Bertz CT molecular complexity index is 1010. The van der Waals surface area contributed by atoms with Crippen LogP contribution in [-0.4, -0.2) is 26.3 Å². The molecule has 0 aliphatic carbocycles. The molecule has 1 heterocycles. The zero-order valence-corrected chi connectivity index (χ0v) is 15.9. The van der Waals surface area contributed by atoms with Crippen molar-refractivity contribution in [3.05, 3.63) is 60.3 Å². The van der Waals surface area contributed by atoms with Gasteiger partial charge < -0.3 is 10.1 Å². The second-order valence-corrected chi connectivity index (χ2v) is 6.24. The number of ether oxygens (including phenoxy) is 1. The van der Waals surface area contributed by atoms with E-state index in [0.717, 1.165) is 22.2 Å². The fourth-order valence-corrected chi connectivity index (χ4v) is 2.94. The SMILES string of the molecule is COc1cc(NC(C)=O)ccc1N(C)/N=C\c1cc[n+](C)c2ccccc12. The van der Waals surface area contributed by atoms with E-state index in [-0.39, 0.29) is 5.91 Å². The number of aryl methyl sites for hydroxylation is 1. The summed E-state index contributed by atoms with van der Waals surface area (Å²) in [5.41, 5.74) is 3.65. The molecule has 0 saturated carbocycles. The maximum absolute atomic E-state index is 11.2. The smallest absolute Gasteiger partial charge is 0.221 e. The van der Waals surface area contributed by atoms with Gasteiger partial charge in [-0.2, -0.15) is 5.10 Å². The molecule has 0 aliphatic rings. The first-order valence-electron chi connectivity index (χ1n) is 8.60. The minimum atomic E-state index is -0.125. The number of hydrogen-bond donors (Lipinski definition) is 1. The lowest BCUT2D eigenvalue weighted by molar-refractivity contribution is -0.644. The number of fused-ring (bicyclic) bond motifs is 1. The lowest BCUT2D eigenvalue weighted by atomic mass is 10.1. The van der Waals surface area contributed by atoms with Crippen LogP contribution in [0.15, 0.2) is 59.8 Å². The first-order valence-corrected chi connectivity index (χ1v) is 8.60. The maximum atomic E-state index is 11.2. The van der Waals surface area contributed by atoms with Gasteiger partial charge in [-0.3, -0.25) is 9.80 Å². The molecule has 2 aromatic carbocycles. The predicted octanol–water partition coefficient (Wildman–Crippen LogP) is 3.10. The van der Waals surface area contributed by atoms with Crippen molar-refractivity contribution < 1.29 is 14.1 Å². The summed E-state index contributed by atoms with van der Waals surface area (Å²) in [5, 5.41) is 10.2. The Labute approximate surface area is 158 Å². The van der Waals surface area contributed by atoms with Crippen LogP contribution < -0.4 is 19.6 Å². The molecule has 0 unspecified atom stereocenters. The molecule has 6 heteroatoms. The fraction of sp³-hybridized carbons (Fsp3) is 0.190. The Kier molecular flexibility index (Phi) is 5.35. The molecule has 0 atom stereocenters. The van der Waals surface area contributed by atoms with Crippen molar-refractivity contribution in [2.45, 2.75) is 6.92 Å². The van der Waals surface area contributed by atoms with Gasteiger partial charge in [0.25, 0.3) is 0 Å². The minimum Gasteiger partial charge on any atom is -0.494 e. The molecule has 1 aromatic heterocycles. The molecule has 3 rings (SSSR count). The zero-order valence-electron chi connectivity index (χ0n) is 15.9. The molecule has 0 radical (unpaired) electrons. The van der Waals surface area contributed by atoms with Gasteiger partial charge in [0.15, 0.2) is 6.20 Å². The number of para-hydroxylation sites is 1. The second kappa shape index (κ2) is 7.86.